The Kier molecular flexibility index (Phi) is 3.68. The third-order valence-electron chi connectivity index (χ3n) is 4.45. The van der Waals surface area contributed by atoms with Crippen LogP contribution in [-0.2, 0) is 4.79 Å². The maximum Gasteiger partial charge on any atom is 0.248 e. The molecule has 0 saturated heterocycles. The van der Waals surface area contributed by atoms with E-state index in [1.54, 1.807) is 18.3 Å². The minimum Gasteiger partial charge on any atom is -0.383 e. The number of aryl methyl sites for hydroxylation is 1. The van der Waals surface area contributed by atoms with E-state index in [1.165, 1.54) is 12.3 Å². The molecule has 8 heteroatoms. The van der Waals surface area contributed by atoms with Gasteiger partial charge in [-0.25, -0.2) is 14.4 Å². The number of hydrogen-bond donors (Lipinski definition) is 3. The van der Waals surface area contributed by atoms with Gasteiger partial charge < -0.3 is 16.0 Å². The number of carbonyl (C=O) groups is 1. The van der Waals surface area contributed by atoms with E-state index in [9.17, 15) is 14.0 Å². The van der Waals surface area contributed by atoms with E-state index in [-0.39, 0.29) is 23.7 Å². The van der Waals surface area contributed by atoms with Crippen LogP contribution in [0.5, 0.6) is 0 Å². The van der Waals surface area contributed by atoms with E-state index in [0.717, 1.165) is 5.56 Å². The van der Waals surface area contributed by atoms with Gasteiger partial charge in [-0.15, -0.1) is 0 Å². The van der Waals surface area contributed by atoms with Gasteiger partial charge in [-0.2, -0.15) is 0 Å². The van der Waals surface area contributed by atoms with Crippen molar-refractivity contribution in [2.75, 3.05) is 11.1 Å². The molecule has 0 unspecified atom stereocenters. The number of H-pyrrole nitrogens is 1. The molecule has 0 aliphatic heterocycles. The lowest BCUT2D eigenvalue weighted by Crippen LogP contribution is -2.15. The second-order valence-corrected chi connectivity index (χ2v) is 6.42. The number of pyridine rings is 3. The van der Waals surface area contributed by atoms with E-state index in [0.29, 0.717) is 27.8 Å². The first-order chi connectivity index (χ1) is 12.4. The first kappa shape index (κ1) is 16.2. The lowest BCUT2D eigenvalue weighted by atomic mass is 10.1. The summed E-state index contributed by atoms with van der Waals surface area (Å²) in [5.41, 5.74) is 7.87. The standard InChI is InChI=1S/C18H16FN5O2/c1-8-6-22-16(25)5-10(8)14-2-9-3-15(21-7-12(9)17(20)23-14)24-18(26)11-4-13(11)19/h2-3,5-7,11,13H,4H2,1H3,(H2,20,23)(H,22,25)(H,21,24,26)/t11-,13+/m1/s1. The third kappa shape index (κ3) is 2.90. The van der Waals surface area contributed by atoms with Crippen LogP contribution in [0.15, 0.2) is 35.4 Å². The minimum absolute atomic E-state index is 0.237. The second-order valence-electron chi connectivity index (χ2n) is 6.42. The average Bonchev–Trinajstić information content (AvgIpc) is 3.33. The summed E-state index contributed by atoms with van der Waals surface area (Å²) < 4.78 is 13.0. The fraction of sp³-hybridized carbons (Fsp3) is 0.222. The minimum atomic E-state index is -1.07. The van der Waals surface area contributed by atoms with Crippen molar-refractivity contribution >= 4 is 28.3 Å². The highest BCUT2D eigenvalue weighted by atomic mass is 19.1. The molecule has 3 aromatic rings. The highest BCUT2D eigenvalue weighted by molar-refractivity contribution is 5.98. The van der Waals surface area contributed by atoms with Crippen molar-refractivity contribution < 1.29 is 9.18 Å². The van der Waals surface area contributed by atoms with Crippen LogP contribution >= 0.6 is 0 Å². The van der Waals surface area contributed by atoms with Crippen molar-refractivity contribution in [1.29, 1.82) is 0 Å². The molecule has 1 aliphatic carbocycles. The van der Waals surface area contributed by atoms with Gasteiger partial charge in [0.05, 0.1) is 11.6 Å². The van der Waals surface area contributed by atoms with Crippen molar-refractivity contribution in [1.82, 2.24) is 15.0 Å². The molecule has 0 bridgehead atoms. The molecule has 3 heterocycles. The summed E-state index contributed by atoms with van der Waals surface area (Å²) in [7, 11) is 0. The van der Waals surface area contributed by atoms with Crippen LogP contribution in [0.2, 0.25) is 0 Å². The molecule has 0 spiro atoms. The quantitative estimate of drug-likeness (QED) is 0.668. The third-order valence-corrected chi connectivity index (χ3v) is 4.45. The SMILES string of the molecule is Cc1c[nH]c(=O)cc1-c1cc2cc(NC(=O)[C@@H]3C[C@@H]3F)ncc2c(N)n1. The summed E-state index contributed by atoms with van der Waals surface area (Å²) in [6.07, 6.45) is 2.31. The predicted molar refractivity (Wildman–Crippen MR) is 96.4 cm³/mol. The van der Waals surface area contributed by atoms with Crippen molar-refractivity contribution in [2.45, 2.75) is 19.5 Å². The Morgan fingerprint density at radius 2 is 2.15 bits per heavy atom. The number of fused-ring (bicyclic) bond motifs is 1. The van der Waals surface area contributed by atoms with E-state index < -0.39 is 12.1 Å². The monoisotopic (exact) mass is 353 g/mol. The van der Waals surface area contributed by atoms with Gasteiger partial charge in [0.1, 0.15) is 17.8 Å². The first-order valence-corrected chi connectivity index (χ1v) is 8.13. The van der Waals surface area contributed by atoms with Crippen molar-refractivity contribution in [3.8, 4) is 11.3 Å². The van der Waals surface area contributed by atoms with Gasteiger partial charge in [-0.05, 0) is 36.4 Å². The fourth-order valence-electron chi connectivity index (χ4n) is 2.85. The van der Waals surface area contributed by atoms with Gasteiger partial charge >= 0.3 is 0 Å². The molecule has 1 saturated carbocycles. The summed E-state index contributed by atoms with van der Waals surface area (Å²) in [4.78, 5) is 34.6. The van der Waals surface area contributed by atoms with Gasteiger partial charge in [0.25, 0.3) is 0 Å². The molecule has 2 atom stereocenters. The van der Waals surface area contributed by atoms with Gasteiger partial charge in [0.2, 0.25) is 11.5 Å². The Balaban J connectivity index is 1.76. The normalized spacial score (nSPS) is 18.7. The summed E-state index contributed by atoms with van der Waals surface area (Å²) >= 11 is 0. The zero-order chi connectivity index (χ0) is 18.4. The molecule has 132 valence electrons. The number of hydrogen-bond acceptors (Lipinski definition) is 5. The number of carbonyl (C=O) groups excluding carboxylic acids is 1. The number of nitrogens with two attached hydrogens (primary N) is 1. The zero-order valence-electron chi connectivity index (χ0n) is 13.9. The van der Waals surface area contributed by atoms with Crippen LogP contribution in [0, 0.1) is 12.8 Å². The smallest absolute Gasteiger partial charge is 0.248 e. The van der Waals surface area contributed by atoms with Crippen LogP contribution < -0.4 is 16.6 Å². The molecule has 7 nitrogen and oxygen atoms in total. The zero-order valence-corrected chi connectivity index (χ0v) is 13.9. The van der Waals surface area contributed by atoms with Crippen LogP contribution in [0.4, 0.5) is 16.0 Å². The topological polar surface area (TPSA) is 114 Å². The Morgan fingerprint density at radius 1 is 1.38 bits per heavy atom. The molecular formula is C18H16FN5O2. The van der Waals surface area contributed by atoms with Gasteiger partial charge in [-0.3, -0.25) is 9.59 Å². The Labute approximate surface area is 147 Å². The Hall–Kier alpha value is -3.29. The summed E-state index contributed by atoms with van der Waals surface area (Å²) in [5.74, 6) is -0.379. The predicted octanol–water partition coefficient (Wildman–Crippen LogP) is 2.17. The number of alkyl halides is 1. The fourth-order valence-corrected chi connectivity index (χ4v) is 2.85. The Morgan fingerprint density at radius 3 is 2.88 bits per heavy atom. The first-order valence-electron chi connectivity index (χ1n) is 8.13. The van der Waals surface area contributed by atoms with Crippen LogP contribution in [0.25, 0.3) is 22.0 Å². The maximum absolute atomic E-state index is 13.0. The van der Waals surface area contributed by atoms with Gasteiger partial charge in [-0.1, -0.05) is 0 Å². The second kappa shape index (κ2) is 5.91. The largest absolute Gasteiger partial charge is 0.383 e. The molecule has 4 N–H and O–H groups in total. The highest BCUT2D eigenvalue weighted by Gasteiger charge is 2.43. The number of amides is 1. The molecule has 3 aromatic heterocycles. The number of aromatic nitrogens is 3. The molecule has 1 aliphatic rings. The van der Waals surface area contributed by atoms with Crippen molar-refractivity contribution in [3.63, 3.8) is 0 Å². The molecule has 26 heavy (non-hydrogen) atoms. The highest BCUT2D eigenvalue weighted by Crippen LogP contribution is 2.35. The number of nitrogens with one attached hydrogen (secondary N) is 2. The maximum atomic E-state index is 13.0. The Bertz CT molecular complexity index is 1090. The molecule has 1 amide bonds. The van der Waals surface area contributed by atoms with E-state index in [4.69, 9.17) is 5.73 Å². The summed E-state index contributed by atoms with van der Waals surface area (Å²) in [6, 6.07) is 4.90. The van der Waals surface area contributed by atoms with Crippen LogP contribution in [-0.4, -0.2) is 27.0 Å². The molecule has 4 rings (SSSR count). The van der Waals surface area contributed by atoms with Crippen molar-refractivity contribution in [3.05, 3.63) is 46.5 Å². The number of aromatic amines is 1. The van der Waals surface area contributed by atoms with Gasteiger partial charge in [0, 0.05) is 29.4 Å². The molecular weight excluding hydrogens is 337 g/mol. The molecule has 0 aromatic carbocycles. The van der Waals surface area contributed by atoms with E-state index in [2.05, 4.69) is 20.3 Å². The molecule has 0 radical (unpaired) electrons. The lowest BCUT2D eigenvalue weighted by molar-refractivity contribution is -0.117. The van der Waals surface area contributed by atoms with Crippen molar-refractivity contribution in [2.24, 2.45) is 5.92 Å². The number of anilines is 2. The van der Waals surface area contributed by atoms with E-state index in [1.807, 2.05) is 6.92 Å². The summed E-state index contributed by atoms with van der Waals surface area (Å²) in [6.45, 7) is 1.86. The van der Waals surface area contributed by atoms with Crippen LogP contribution in [0.3, 0.4) is 0 Å². The number of halogens is 1. The number of rotatable bonds is 3. The number of nitrogen functional groups attached to an aromatic ring is 1. The van der Waals surface area contributed by atoms with Gasteiger partial charge in [0.15, 0.2) is 0 Å². The average molecular weight is 353 g/mol. The molecule has 1 fully saturated rings. The number of nitrogens with zero attached hydrogens (tertiary/aromatic N) is 2. The van der Waals surface area contributed by atoms with E-state index >= 15 is 0 Å². The lowest BCUT2D eigenvalue weighted by Gasteiger charge is -2.10. The van der Waals surface area contributed by atoms with Crippen LogP contribution in [0.1, 0.15) is 12.0 Å². The summed E-state index contributed by atoms with van der Waals surface area (Å²) in [5, 5.41) is 3.96.